The van der Waals surface area contributed by atoms with E-state index in [1.807, 2.05) is 44.2 Å². The minimum atomic E-state index is -1.67. The van der Waals surface area contributed by atoms with E-state index in [0.717, 1.165) is 12.0 Å². The molecule has 0 aliphatic heterocycles. The van der Waals surface area contributed by atoms with Gasteiger partial charge in [0.15, 0.2) is 0 Å². The van der Waals surface area contributed by atoms with Gasteiger partial charge in [0.1, 0.15) is 30.0 Å². The van der Waals surface area contributed by atoms with Gasteiger partial charge < -0.3 is 30.3 Å². The zero-order valence-electron chi connectivity index (χ0n) is 14.4. The Bertz CT molecular complexity index is 454. The minimum Gasteiger partial charge on any atom is -0.394 e. The number of benzene rings is 1. The lowest BCUT2D eigenvalue weighted by atomic mass is 9.81. The van der Waals surface area contributed by atoms with Crippen molar-refractivity contribution in [3.63, 3.8) is 0 Å². The summed E-state index contributed by atoms with van der Waals surface area (Å²) in [6.45, 7) is 3.46. The summed E-state index contributed by atoms with van der Waals surface area (Å²) in [5.74, 6) is 0. The molecule has 5 atom stereocenters. The highest BCUT2D eigenvalue weighted by Crippen LogP contribution is 2.30. The first-order valence-electron chi connectivity index (χ1n) is 8.42. The van der Waals surface area contributed by atoms with E-state index in [2.05, 4.69) is 0 Å². The summed E-state index contributed by atoms with van der Waals surface area (Å²) in [5.41, 5.74) is -0.175. The van der Waals surface area contributed by atoms with Gasteiger partial charge in [0.2, 0.25) is 0 Å². The highest BCUT2D eigenvalue weighted by Gasteiger charge is 2.45. The molecule has 0 bridgehead atoms. The van der Waals surface area contributed by atoms with Crippen molar-refractivity contribution in [2.45, 2.75) is 63.1 Å². The van der Waals surface area contributed by atoms with Gasteiger partial charge in [0.05, 0.1) is 6.61 Å². The van der Waals surface area contributed by atoms with Gasteiger partial charge >= 0.3 is 0 Å². The van der Waals surface area contributed by atoms with Crippen molar-refractivity contribution in [3.8, 4) is 0 Å². The van der Waals surface area contributed by atoms with Crippen molar-refractivity contribution in [1.29, 1.82) is 0 Å². The Kier molecular flexibility index (Phi) is 8.83. The average Bonchev–Trinajstić information content (AvgIpc) is 2.63. The summed E-state index contributed by atoms with van der Waals surface area (Å²) < 4.78 is 5.91. The lowest BCUT2D eigenvalue weighted by molar-refractivity contribution is -0.193. The van der Waals surface area contributed by atoms with E-state index in [4.69, 9.17) is 9.84 Å². The molecule has 0 aliphatic rings. The Labute approximate surface area is 143 Å². The molecule has 1 aromatic carbocycles. The number of hydrogen-bond acceptors (Lipinski definition) is 6. The van der Waals surface area contributed by atoms with Crippen LogP contribution in [-0.2, 0) is 11.2 Å². The Morgan fingerprint density at radius 2 is 1.62 bits per heavy atom. The lowest BCUT2D eigenvalue weighted by Crippen LogP contribution is -2.58. The summed E-state index contributed by atoms with van der Waals surface area (Å²) in [5, 5.41) is 49.4. The van der Waals surface area contributed by atoms with Gasteiger partial charge in [0.25, 0.3) is 0 Å². The van der Waals surface area contributed by atoms with Crippen LogP contribution in [0, 0.1) is 0 Å². The van der Waals surface area contributed by atoms with Crippen LogP contribution < -0.4 is 0 Å². The average molecular weight is 342 g/mol. The van der Waals surface area contributed by atoms with Crippen LogP contribution in [0.5, 0.6) is 0 Å². The molecule has 0 aromatic heterocycles. The summed E-state index contributed by atoms with van der Waals surface area (Å²) in [7, 11) is 0. The van der Waals surface area contributed by atoms with Crippen LogP contribution in [0.25, 0.3) is 0 Å². The fourth-order valence-corrected chi connectivity index (χ4v) is 2.76. The van der Waals surface area contributed by atoms with Crippen LogP contribution >= 0.6 is 0 Å². The van der Waals surface area contributed by atoms with Crippen LogP contribution in [0.4, 0.5) is 0 Å². The fourth-order valence-electron chi connectivity index (χ4n) is 2.76. The van der Waals surface area contributed by atoms with Crippen LogP contribution in [0.3, 0.4) is 0 Å². The molecule has 138 valence electrons. The third kappa shape index (κ3) is 5.24. The van der Waals surface area contributed by atoms with Crippen LogP contribution in [0.1, 0.15) is 32.3 Å². The van der Waals surface area contributed by atoms with Crippen LogP contribution in [0.15, 0.2) is 30.3 Å². The molecule has 0 radical (unpaired) electrons. The van der Waals surface area contributed by atoms with Crippen molar-refractivity contribution >= 4 is 0 Å². The zero-order chi connectivity index (χ0) is 18.2. The van der Waals surface area contributed by atoms with E-state index in [0.29, 0.717) is 19.4 Å². The summed E-state index contributed by atoms with van der Waals surface area (Å²) in [6, 6.07) is 9.44. The Morgan fingerprint density at radius 3 is 2.12 bits per heavy atom. The van der Waals surface area contributed by atoms with Crippen molar-refractivity contribution in [1.82, 2.24) is 0 Å². The highest BCUT2D eigenvalue weighted by molar-refractivity contribution is 5.18. The SMILES string of the molecule is CCCOC(CC)(Cc1ccccc1)C(O)C(O)C(O)C(O)CO. The predicted octanol–water partition coefficient (Wildman–Crippen LogP) is 0.240. The Balaban J connectivity index is 3.05. The molecule has 0 amide bonds. The number of hydrogen-bond donors (Lipinski definition) is 5. The van der Waals surface area contributed by atoms with E-state index in [-0.39, 0.29) is 0 Å². The van der Waals surface area contributed by atoms with Crippen LogP contribution in [0.2, 0.25) is 0 Å². The Hall–Kier alpha value is -1.02. The smallest absolute Gasteiger partial charge is 0.112 e. The van der Waals surface area contributed by atoms with Gasteiger partial charge in [-0.25, -0.2) is 0 Å². The van der Waals surface area contributed by atoms with Crippen molar-refractivity contribution in [2.75, 3.05) is 13.2 Å². The molecular weight excluding hydrogens is 312 g/mol. The molecule has 5 N–H and O–H groups in total. The van der Waals surface area contributed by atoms with E-state index in [1.165, 1.54) is 0 Å². The second-order valence-corrected chi connectivity index (χ2v) is 6.11. The molecule has 6 heteroatoms. The first kappa shape index (κ1) is 21.0. The molecular formula is C18H30O6. The van der Waals surface area contributed by atoms with Crippen molar-refractivity contribution < 1.29 is 30.3 Å². The fraction of sp³-hybridized carbons (Fsp3) is 0.667. The number of ether oxygens (including phenoxy) is 1. The molecule has 0 fully saturated rings. The first-order valence-corrected chi connectivity index (χ1v) is 8.42. The van der Waals surface area contributed by atoms with Gasteiger partial charge in [-0.15, -0.1) is 0 Å². The monoisotopic (exact) mass is 342 g/mol. The van der Waals surface area contributed by atoms with Gasteiger partial charge in [-0.2, -0.15) is 0 Å². The molecule has 0 saturated heterocycles. The molecule has 0 spiro atoms. The number of aliphatic hydroxyl groups excluding tert-OH is 5. The first-order chi connectivity index (χ1) is 11.4. The van der Waals surface area contributed by atoms with E-state index >= 15 is 0 Å². The van der Waals surface area contributed by atoms with Gasteiger partial charge in [-0.1, -0.05) is 44.2 Å². The minimum absolute atomic E-state index is 0.352. The number of rotatable bonds is 11. The largest absolute Gasteiger partial charge is 0.394 e. The van der Waals surface area contributed by atoms with E-state index in [1.54, 1.807) is 0 Å². The molecule has 24 heavy (non-hydrogen) atoms. The van der Waals surface area contributed by atoms with E-state index < -0.39 is 36.6 Å². The molecule has 0 saturated carbocycles. The van der Waals surface area contributed by atoms with Crippen molar-refractivity contribution in [2.24, 2.45) is 0 Å². The van der Waals surface area contributed by atoms with Crippen LogP contribution in [-0.4, -0.2) is 68.8 Å². The summed E-state index contributed by atoms with van der Waals surface area (Å²) >= 11 is 0. The second-order valence-electron chi connectivity index (χ2n) is 6.11. The van der Waals surface area contributed by atoms with Gasteiger partial charge in [-0.05, 0) is 18.4 Å². The standard InChI is InChI=1S/C18H30O6/c1-3-10-24-18(4-2,11-13-8-6-5-7-9-13)17(23)16(22)15(21)14(20)12-19/h5-9,14-17,19-23H,3-4,10-12H2,1-2H3. The maximum absolute atomic E-state index is 10.7. The predicted molar refractivity (Wildman–Crippen MR) is 90.5 cm³/mol. The quantitative estimate of drug-likeness (QED) is 0.394. The Morgan fingerprint density at radius 1 is 1.00 bits per heavy atom. The maximum atomic E-state index is 10.7. The molecule has 6 nitrogen and oxygen atoms in total. The molecule has 0 aliphatic carbocycles. The normalized spacial score (nSPS) is 19.3. The maximum Gasteiger partial charge on any atom is 0.112 e. The molecule has 5 unspecified atom stereocenters. The topological polar surface area (TPSA) is 110 Å². The third-order valence-electron chi connectivity index (χ3n) is 4.33. The van der Waals surface area contributed by atoms with Crippen molar-refractivity contribution in [3.05, 3.63) is 35.9 Å². The summed E-state index contributed by atoms with van der Waals surface area (Å²) in [4.78, 5) is 0. The molecule has 1 rings (SSSR count). The highest BCUT2D eigenvalue weighted by atomic mass is 16.5. The lowest BCUT2D eigenvalue weighted by Gasteiger charge is -2.41. The second kappa shape index (κ2) is 10.1. The summed E-state index contributed by atoms with van der Waals surface area (Å²) in [6.07, 6.45) is -4.78. The number of aliphatic hydroxyl groups is 5. The van der Waals surface area contributed by atoms with Gasteiger partial charge in [0, 0.05) is 13.0 Å². The molecule has 0 heterocycles. The third-order valence-corrected chi connectivity index (χ3v) is 4.33. The molecule has 1 aromatic rings. The van der Waals surface area contributed by atoms with E-state index in [9.17, 15) is 20.4 Å². The zero-order valence-corrected chi connectivity index (χ0v) is 14.4. The van der Waals surface area contributed by atoms with Gasteiger partial charge in [-0.3, -0.25) is 0 Å².